The van der Waals surface area contributed by atoms with Crippen LogP contribution in [0, 0.1) is 6.92 Å². The molecule has 0 spiro atoms. The summed E-state index contributed by atoms with van der Waals surface area (Å²) in [5, 5.41) is 0. The van der Waals surface area contributed by atoms with E-state index >= 15 is 0 Å². The van der Waals surface area contributed by atoms with Gasteiger partial charge in [-0.2, -0.15) is 4.31 Å². The number of anilines is 1. The second-order valence-electron chi connectivity index (χ2n) is 7.87. The molecule has 1 aliphatic heterocycles. The average molecular weight is 526 g/mol. The van der Waals surface area contributed by atoms with E-state index in [4.69, 9.17) is 0 Å². The van der Waals surface area contributed by atoms with E-state index in [1.54, 1.807) is 10.6 Å². The van der Waals surface area contributed by atoms with Crippen LogP contribution in [-0.4, -0.2) is 41.5 Å². The highest BCUT2D eigenvalue weighted by Crippen LogP contribution is 2.33. The maximum Gasteiger partial charge on any atom is 0.211 e. The zero-order valence-corrected chi connectivity index (χ0v) is 20.7. The van der Waals surface area contributed by atoms with Crippen molar-refractivity contribution >= 4 is 44.0 Å². The Balaban J connectivity index is 0.00000272. The molecular weight excluding hydrogens is 500 g/mol. The first kappa shape index (κ1) is 23.8. The van der Waals surface area contributed by atoms with E-state index in [-0.39, 0.29) is 18.4 Å². The molecule has 1 N–H and O–H groups in total. The molecule has 1 aliphatic rings. The van der Waals surface area contributed by atoms with Crippen molar-refractivity contribution in [2.45, 2.75) is 32.5 Å². The summed E-state index contributed by atoms with van der Waals surface area (Å²) < 4.78 is 28.2. The minimum absolute atomic E-state index is 0. The molecule has 6 nitrogen and oxygen atoms in total. The molecule has 0 bridgehead atoms. The monoisotopic (exact) mass is 524 g/mol. The van der Waals surface area contributed by atoms with E-state index in [2.05, 4.69) is 42.9 Å². The van der Waals surface area contributed by atoms with Gasteiger partial charge in [-0.1, -0.05) is 45.8 Å². The number of nitrogens with one attached hydrogen (secondary N) is 1. The molecule has 0 saturated carbocycles. The first-order chi connectivity index (χ1) is 14.3. The molecule has 3 aromatic rings. The van der Waals surface area contributed by atoms with Gasteiger partial charge in [-0.3, -0.25) is 0 Å². The third-order valence-corrected chi connectivity index (χ3v) is 7.24. The Morgan fingerprint density at radius 2 is 1.97 bits per heavy atom. The molecule has 166 valence electrons. The Hall–Kier alpha value is -1.87. The smallest absolute Gasteiger partial charge is 0.211 e. The van der Waals surface area contributed by atoms with Gasteiger partial charge in [0.15, 0.2) is 0 Å². The lowest BCUT2D eigenvalue weighted by molar-refractivity contribution is 0.305. The number of hydrogen-bond acceptors (Lipinski definition) is 4. The van der Waals surface area contributed by atoms with Gasteiger partial charge in [0.25, 0.3) is 0 Å². The Labute approximate surface area is 198 Å². The van der Waals surface area contributed by atoms with Crippen molar-refractivity contribution in [1.29, 1.82) is 0 Å². The number of H-pyrrole nitrogens is 1. The van der Waals surface area contributed by atoms with Crippen LogP contribution in [0.15, 0.2) is 59.5 Å². The number of sulfonamides is 1. The quantitative estimate of drug-likeness (QED) is 0.521. The van der Waals surface area contributed by atoms with Gasteiger partial charge in [0.2, 0.25) is 10.0 Å². The van der Waals surface area contributed by atoms with E-state index in [0.717, 1.165) is 32.5 Å². The van der Waals surface area contributed by atoms with Crippen molar-refractivity contribution < 1.29 is 8.42 Å². The molecule has 0 fully saturated rings. The number of aromatic nitrogens is 2. The van der Waals surface area contributed by atoms with Crippen LogP contribution in [-0.2, 0) is 29.5 Å². The second kappa shape index (κ2) is 9.73. The normalized spacial score (nSPS) is 16.1. The Morgan fingerprint density at radius 3 is 2.61 bits per heavy atom. The topological polar surface area (TPSA) is 69.3 Å². The number of nitrogens with zero attached hydrogens (tertiary/aromatic N) is 3. The molecule has 4 rings (SSSR count). The molecule has 1 atom stereocenters. The summed E-state index contributed by atoms with van der Waals surface area (Å²) in [7, 11) is -3.40. The van der Waals surface area contributed by atoms with Crippen molar-refractivity contribution in [3.05, 3.63) is 81.8 Å². The highest BCUT2D eigenvalue weighted by molar-refractivity contribution is 9.10. The molecule has 31 heavy (non-hydrogen) atoms. The van der Waals surface area contributed by atoms with Crippen LogP contribution in [0.5, 0.6) is 0 Å². The van der Waals surface area contributed by atoms with E-state index in [0.29, 0.717) is 26.1 Å². The van der Waals surface area contributed by atoms with Crippen LogP contribution in [0.4, 0.5) is 5.69 Å². The van der Waals surface area contributed by atoms with Crippen LogP contribution >= 0.6 is 28.3 Å². The number of benzene rings is 2. The molecule has 2 heterocycles. The van der Waals surface area contributed by atoms with E-state index in [1.807, 2.05) is 43.5 Å². The minimum atomic E-state index is -3.40. The number of imidazole rings is 1. The van der Waals surface area contributed by atoms with Crippen molar-refractivity contribution in [2.75, 3.05) is 17.7 Å². The molecule has 1 unspecified atom stereocenters. The van der Waals surface area contributed by atoms with E-state index < -0.39 is 10.0 Å². The average Bonchev–Trinajstić information content (AvgIpc) is 3.19. The van der Waals surface area contributed by atoms with Crippen molar-refractivity contribution in [1.82, 2.24) is 14.3 Å². The predicted octanol–water partition coefficient (Wildman–Crippen LogP) is 4.30. The standard InChI is InChI=1S/C22H25BrN4O2S.ClH/c1-16-3-5-17(6-4-16)12-27(30(2,28)29)21-10-18-9-19(23)7-8-22(18)26(14-21)13-20-11-24-15-25-20;/h3-9,11,15,21H,10,12-14H2,1-2H3,(H,24,25);1H. The molecule has 0 saturated heterocycles. The number of hydrogen-bond donors (Lipinski definition) is 1. The minimum Gasteiger partial charge on any atom is -0.364 e. The van der Waals surface area contributed by atoms with Gasteiger partial charge in [-0.15, -0.1) is 12.4 Å². The van der Waals surface area contributed by atoms with E-state index in [1.165, 1.54) is 6.26 Å². The summed E-state index contributed by atoms with van der Waals surface area (Å²) in [6.45, 7) is 3.63. The van der Waals surface area contributed by atoms with Gasteiger partial charge in [-0.25, -0.2) is 13.4 Å². The third-order valence-electron chi connectivity index (χ3n) is 5.47. The summed E-state index contributed by atoms with van der Waals surface area (Å²) >= 11 is 3.56. The first-order valence-corrected chi connectivity index (χ1v) is 12.5. The summed E-state index contributed by atoms with van der Waals surface area (Å²) in [6, 6.07) is 14.1. The zero-order valence-electron chi connectivity index (χ0n) is 17.5. The first-order valence-electron chi connectivity index (χ1n) is 9.83. The molecular formula is C22H26BrClN4O2S. The molecule has 0 amide bonds. The number of fused-ring (bicyclic) bond motifs is 1. The number of rotatable bonds is 6. The Bertz CT molecular complexity index is 1120. The van der Waals surface area contributed by atoms with Gasteiger partial charge >= 0.3 is 0 Å². The maximum absolute atomic E-state index is 12.8. The predicted molar refractivity (Wildman–Crippen MR) is 130 cm³/mol. The number of halogens is 2. The van der Waals surface area contributed by atoms with Crippen LogP contribution in [0.2, 0.25) is 0 Å². The van der Waals surface area contributed by atoms with Crippen LogP contribution < -0.4 is 4.90 Å². The van der Waals surface area contributed by atoms with Gasteiger partial charge < -0.3 is 9.88 Å². The molecule has 2 aromatic carbocycles. The van der Waals surface area contributed by atoms with Gasteiger partial charge in [0.1, 0.15) is 0 Å². The van der Waals surface area contributed by atoms with Crippen LogP contribution in [0.3, 0.4) is 0 Å². The SMILES string of the molecule is Cc1ccc(CN(C2Cc3cc(Br)ccc3N(Cc3c[nH]cn3)C2)S(C)(=O)=O)cc1.Cl. The fraction of sp³-hybridized carbons (Fsp3) is 0.318. The van der Waals surface area contributed by atoms with Gasteiger partial charge in [-0.05, 0) is 42.7 Å². The summed E-state index contributed by atoms with van der Waals surface area (Å²) in [5.74, 6) is 0. The summed E-state index contributed by atoms with van der Waals surface area (Å²) in [6.07, 6.45) is 5.52. The van der Waals surface area contributed by atoms with Crippen molar-refractivity contribution in [3.8, 4) is 0 Å². The van der Waals surface area contributed by atoms with Gasteiger partial charge in [0, 0.05) is 35.5 Å². The highest BCUT2D eigenvalue weighted by atomic mass is 79.9. The van der Waals surface area contributed by atoms with Gasteiger partial charge in [0.05, 0.1) is 24.8 Å². The lowest BCUT2D eigenvalue weighted by Gasteiger charge is -2.40. The lowest BCUT2D eigenvalue weighted by Crippen LogP contribution is -2.50. The maximum atomic E-state index is 12.8. The molecule has 0 radical (unpaired) electrons. The van der Waals surface area contributed by atoms with Crippen LogP contribution in [0.25, 0.3) is 0 Å². The largest absolute Gasteiger partial charge is 0.364 e. The number of aromatic amines is 1. The Morgan fingerprint density at radius 1 is 1.23 bits per heavy atom. The zero-order chi connectivity index (χ0) is 21.3. The molecule has 0 aliphatic carbocycles. The highest BCUT2D eigenvalue weighted by Gasteiger charge is 2.33. The third kappa shape index (κ3) is 5.68. The fourth-order valence-electron chi connectivity index (χ4n) is 4.00. The molecule has 1 aromatic heterocycles. The van der Waals surface area contributed by atoms with Crippen molar-refractivity contribution in [2.24, 2.45) is 0 Å². The fourth-order valence-corrected chi connectivity index (χ4v) is 5.48. The Kier molecular flexibility index (Phi) is 7.47. The van der Waals surface area contributed by atoms with Crippen LogP contribution in [0.1, 0.15) is 22.4 Å². The van der Waals surface area contributed by atoms with E-state index in [9.17, 15) is 8.42 Å². The van der Waals surface area contributed by atoms with Crippen molar-refractivity contribution in [3.63, 3.8) is 0 Å². The molecule has 9 heteroatoms. The second-order valence-corrected chi connectivity index (χ2v) is 10.7. The summed E-state index contributed by atoms with van der Waals surface area (Å²) in [4.78, 5) is 9.58. The summed E-state index contributed by atoms with van der Waals surface area (Å²) in [5.41, 5.74) is 5.33. The lowest BCUT2D eigenvalue weighted by atomic mass is 9.97. The number of aryl methyl sites for hydroxylation is 1.